The number of amides is 2. The van der Waals surface area contributed by atoms with Crippen molar-refractivity contribution in [3.05, 3.63) is 77.9 Å². The van der Waals surface area contributed by atoms with Gasteiger partial charge in [0.15, 0.2) is 0 Å². The highest BCUT2D eigenvalue weighted by molar-refractivity contribution is 5.96. The zero-order valence-electron chi connectivity index (χ0n) is 21.2. The van der Waals surface area contributed by atoms with Crippen LogP contribution in [0.1, 0.15) is 24.0 Å². The molecule has 3 heterocycles. The van der Waals surface area contributed by atoms with Gasteiger partial charge >= 0.3 is 6.09 Å². The van der Waals surface area contributed by atoms with E-state index in [2.05, 4.69) is 47.0 Å². The van der Waals surface area contributed by atoms with Crippen LogP contribution < -0.4 is 20.3 Å². The molecule has 0 radical (unpaired) electrons. The van der Waals surface area contributed by atoms with Crippen LogP contribution in [0.2, 0.25) is 0 Å². The molecule has 0 aromatic heterocycles. The Balaban J connectivity index is 1.00. The van der Waals surface area contributed by atoms with E-state index in [9.17, 15) is 9.59 Å². The predicted molar refractivity (Wildman–Crippen MR) is 144 cm³/mol. The minimum atomic E-state index is -0.346. The van der Waals surface area contributed by atoms with Crippen LogP contribution in [0.3, 0.4) is 0 Å². The average Bonchev–Trinajstić information content (AvgIpc) is 3.29. The molecule has 0 bridgehead atoms. The third-order valence-corrected chi connectivity index (χ3v) is 7.15. The minimum Gasteiger partial charge on any atom is -0.486 e. The van der Waals surface area contributed by atoms with Crippen LogP contribution in [0.15, 0.2) is 66.7 Å². The highest BCUT2D eigenvalue weighted by Gasteiger charge is 2.32. The smallest absolute Gasteiger partial charge is 0.414 e. The number of aryl methyl sites for hydroxylation is 1. The van der Waals surface area contributed by atoms with Crippen molar-refractivity contribution in [2.45, 2.75) is 38.0 Å². The lowest BCUT2D eigenvalue weighted by Gasteiger charge is -2.26. The van der Waals surface area contributed by atoms with E-state index < -0.39 is 0 Å². The van der Waals surface area contributed by atoms with Gasteiger partial charge in [0.1, 0.15) is 18.0 Å². The number of fused-ring (bicyclic) bond motifs is 1. The van der Waals surface area contributed by atoms with Gasteiger partial charge in [-0.2, -0.15) is 0 Å². The third-order valence-electron chi connectivity index (χ3n) is 7.15. The van der Waals surface area contributed by atoms with Crippen molar-refractivity contribution in [1.82, 2.24) is 5.32 Å². The Hall–Kier alpha value is -3.88. The van der Waals surface area contributed by atoms with Crippen LogP contribution >= 0.6 is 0 Å². The normalized spacial score (nSPS) is 18.9. The third kappa shape index (κ3) is 5.51. The fraction of sp³-hybridized carbons (Fsp3) is 0.333. The molecule has 38 heavy (non-hydrogen) atoms. The number of ether oxygens (including phenoxy) is 3. The minimum absolute atomic E-state index is 0.00940. The summed E-state index contributed by atoms with van der Waals surface area (Å²) in [4.78, 5) is 25.9. The summed E-state index contributed by atoms with van der Waals surface area (Å²) in [6, 6.07) is 22.4. The fourth-order valence-corrected chi connectivity index (χ4v) is 4.99. The standard InChI is InChI=1S/C30H31N3O5/c34-29-10-8-21-7-9-24(15-28(21)32-29)33-17-26(38-30(33)35)11-12-31-16-20-3-1-4-22(13-20)23-5-2-6-25(14-23)37-27-18-36-19-27/h1-7,9,13-15,26-27,31H,8,10-12,16-19H2,(H,32,34)/t26-/m1/s1. The highest BCUT2D eigenvalue weighted by Crippen LogP contribution is 2.31. The Kier molecular flexibility index (Phi) is 6.98. The molecule has 196 valence electrons. The van der Waals surface area contributed by atoms with Gasteiger partial charge in [-0.3, -0.25) is 9.69 Å². The molecule has 6 rings (SSSR count). The van der Waals surface area contributed by atoms with Gasteiger partial charge in [-0.15, -0.1) is 0 Å². The van der Waals surface area contributed by atoms with Crippen molar-refractivity contribution in [3.63, 3.8) is 0 Å². The van der Waals surface area contributed by atoms with Crippen molar-refractivity contribution < 1.29 is 23.8 Å². The van der Waals surface area contributed by atoms with Gasteiger partial charge in [-0.25, -0.2) is 4.79 Å². The summed E-state index contributed by atoms with van der Waals surface area (Å²) in [5, 5.41) is 6.38. The molecule has 0 aliphatic carbocycles. The molecule has 3 aromatic rings. The van der Waals surface area contributed by atoms with Gasteiger partial charge < -0.3 is 24.8 Å². The average molecular weight is 514 g/mol. The van der Waals surface area contributed by atoms with Gasteiger partial charge in [0, 0.05) is 24.3 Å². The molecule has 0 unspecified atom stereocenters. The number of nitrogens with zero attached hydrogens (tertiary/aromatic N) is 1. The first-order valence-electron chi connectivity index (χ1n) is 13.2. The lowest BCUT2D eigenvalue weighted by atomic mass is 10.0. The molecule has 1 atom stereocenters. The second-order valence-electron chi connectivity index (χ2n) is 9.98. The molecule has 2 N–H and O–H groups in total. The summed E-state index contributed by atoms with van der Waals surface area (Å²) in [6.07, 6.45) is 1.55. The summed E-state index contributed by atoms with van der Waals surface area (Å²) in [7, 11) is 0. The maximum absolute atomic E-state index is 12.5. The number of hydrogen-bond donors (Lipinski definition) is 2. The number of carbonyl (C=O) groups excluding carboxylic acids is 2. The largest absolute Gasteiger partial charge is 0.486 e. The molecule has 0 spiro atoms. The first kappa shape index (κ1) is 24.5. The van der Waals surface area contributed by atoms with E-state index in [0.717, 1.165) is 53.3 Å². The first-order valence-corrected chi connectivity index (χ1v) is 13.2. The molecule has 2 amide bonds. The van der Waals surface area contributed by atoms with Crippen LogP contribution in [0.5, 0.6) is 5.75 Å². The number of benzene rings is 3. The molecule has 2 saturated heterocycles. The molecule has 3 aromatic carbocycles. The van der Waals surface area contributed by atoms with E-state index in [-0.39, 0.29) is 24.2 Å². The monoisotopic (exact) mass is 513 g/mol. The molecule has 8 heteroatoms. The molecular weight excluding hydrogens is 482 g/mol. The van der Waals surface area contributed by atoms with Gasteiger partial charge in [0.2, 0.25) is 5.91 Å². The molecule has 3 aliphatic rings. The molecule has 3 aliphatic heterocycles. The Morgan fingerprint density at radius 1 is 0.974 bits per heavy atom. The van der Waals surface area contributed by atoms with Gasteiger partial charge in [0.25, 0.3) is 0 Å². The van der Waals surface area contributed by atoms with Crippen LogP contribution in [-0.4, -0.2) is 50.5 Å². The Bertz CT molecular complexity index is 1340. The summed E-state index contributed by atoms with van der Waals surface area (Å²) >= 11 is 0. The second-order valence-corrected chi connectivity index (χ2v) is 9.98. The van der Waals surface area contributed by atoms with E-state index in [1.165, 1.54) is 5.56 Å². The van der Waals surface area contributed by atoms with Crippen LogP contribution in [0.4, 0.5) is 16.2 Å². The van der Waals surface area contributed by atoms with Crippen molar-refractivity contribution in [1.29, 1.82) is 0 Å². The van der Waals surface area contributed by atoms with E-state index in [1.54, 1.807) is 4.90 Å². The van der Waals surface area contributed by atoms with Crippen molar-refractivity contribution in [2.24, 2.45) is 0 Å². The van der Waals surface area contributed by atoms with Crippen molar-refractivity contribution in [3.8, 4) is 16.9 Å². The Morgan fingerprint density at radius 2 is 1.82 bits per heavy atom. The summed E-state index contributed by atoms with van der Waals surface area (Å²) < 4.78 is 16.8. The number of carbonyl (C=O) groups is 2. The number of rotatable bonds is 9. The van der Waals surface area contributed by atoms with Gasteiger partial charge in [-0.05, 0) is 72.0 Å². The molecular formula is C30H31N3O5. The Labute approximate surface area is 221 Å². The molecule has 2 fully saturated rings. The van der Waals surface area contributed by atoms with Crippen LogP contribution in [0, 0.1) is 0 Å². The van der Waals surface area contributed by atoms with Crippen molar-refractivity contribution in [2.75, 3.05) is 36.5 Å². The summed E-state index contributed by atoms with van der Waals surface area (Å²) in [5.74, 6) is 0.870. The lowest BCUT2D eigenvalue weighted by molar-refractivity contribution is -0.116. The van der Waals surface area contributed by atoms with Crippen LogP contribution in [0.25, 0.3) is 11.1 Å². The maximum atomic E-state index is 12.5. The fourth-order valence-electron chi connectivity index (χ4n) is 4.99. The number of cyclic esters (lactones) is 1. The van der Waals surface area contributed by atoms with E-state index in [0.29, 0.717) is 32.6 Å². The van der Waals surface area contributed by atoms with Crippen LogP contribution in [-0.2, 0) is 27.2 Å². The zero-order valence-corrected chi connectivity index (χ0v) is 21.2. The maximum Gasteiger partial charge on any atom is 0.414 e. The van der Waals surface area contributed by atoms with Gasteiger partial charge in [0.05, 0.1) is 19.8 Å². The number of hydrogen-bond acceptors (Lipinski definition) is 6. The van der Waals surface area contributed by atoms with E-state index >= 15 is 0 Å². The highest BCUT2D eigenvalue weighted by atomic mass is 16.6. The predicted octanol–water partition coefficient (Wildman–Crippen LogP) is 4.52. The number of anilines is 2. The van der Waals surface area contributed by atoms with Crippen molar-refractivity contribution >= 4 is 23.4 Å². The van der Waals surface area contributed by atoms with E-state index in [1.807, 2.05) is 30.3 Å². The quantitative estimate of drug-likeness (QED) is 0.409. The Morgan fingerprint density at radius 3 is 2.66 bits per heavy atom. The second kappa shape index (κ2) is 10.8. The van der Waals surface area contributed by atoms with Gasteiger partial charge in [-0.1, -0.05) is 36.4 Å². The SMILES string of the molecule is O=C1CCc2ccc(N3C[C@@H](CCNCc4cccc(-c5cccc(OC6COC6)c5)c4)OC3=O)cc2N1. The first-order chi connectivity index (χ1) is 18.6. The topological polar surface area (TPSA) is 89.1 Å². The lowest BCUT2D eigenvalue weighted by Crippen LogP contribution is -2.38. The number of nitrogens with one attached hydrogen (secondary N) is 2. The van der Waals surface area contributed by atoms with E-state index in [4.69, 9.17) is 14.2 Å². The zero-order chi connectivity index (χ0) is 25.9. The summed E-state index contributed by atoms with van der Waals surface area (Å²) in [6.45, 7) is 3.24. The molecule has 8 nitrogen and oxygen atoms in total. The summed E-state index contributed by atoms with van der Waals surface area (Å²) in [5.41, 5.74) is 6.06. The molecule has 0 saturated carbocycles.